The van der Waals surface area contributed by atoms with Gasteiger partial charge in [-0.2, -0.15) is 0 Å². The van der Waals surface area contributed by atoms with Gasteiger partial charge in [0.15, 0.2) is 11.7 Å². The van der Waals surface area contributed by atoms with Crippen LogP contribution >= 0.6 is 11.3 Å². The van der Waals surface area contributed by atoms with Crippen LogP contribution in [0.2, 0.25) is 0 Å². The minimum Gasteiger partial charge on any atom is -0.484 e. The van der Waals surface area contributed by atoms with E-state index in [0.29, 0.717) is 12.3 Å². The van der Waals surface area contributed by atoms with Crippen molar-refractivity contribution < 1.29 is 9.53 Å². The summed E-state index contributed by atoms with van der Waals surface area (Å²) in [6.45, 7) is 9.69. The molecule has 1 aliphatic heterocycles. The van der Waals surface area contributed by atoms with Crippen LogP contribution < -0.4 is 15.0 Å². The lowest BCUT2D eigenvalue weighted by Gasteiger charge is -2.34. The van der Waals surface area contributed by atoms with Gasteiger partial charge in [0.25, 0.3) is 5.91 Å². The summed E-state index contributed by atoms with van der Waals surface area (Å²) in [6.07, 6.45) is 0. The smallest absolute Gasteiger partial charge is 0.257 e. The van der Waals surface area contributed by atoms with Gasteiger partial charge in [0.1, 0.15) is 5.75 Å². The van der Waals surface area contributed by atoms with E-state index in [1.54, 1.807) is 11.3 Å². The van der Waals surface area contributed by atoms with E-state index < -0.39 is 0 Å². The first kappa shape index (κ1) is 20.6. The second-order valence-corrected chi connectivity index (χ2v) is 8.68. The van der Waals surface area contributed by atoms with Crippen LogP contribution in [0.25, 0.3) is 10.2 Å². The number of para-hydroxylation sites is 1. The highest BCUT2D eigenvalue weighted by atomic mass is 32.1. The van der Waals surface area contributed by atoms with Crippen LogP contribution in [0.15, 0.2) is 42.5 Å². The van der Waals surface area contributed by atoms with Gasteiger partial charge in [-0.1, -0.05) is 35.6 Å². The molecule has 1 amide bonds. The molecular weight excluding hydrogens is 396 g/mol. The second kappa shape index (κ2) is 9.45. The summed E-state index contributed by atoms with van der Waals surface area (Å²) in [5.74, 6) is 0.626. The van der Waals surface area contributed by atoms with Gasteiger partial charge >= 0.3 is 0 Å². The number of piperazine rings is 1. The van der Waals surface area contributed by atoms with Crippen LogP contribution in [0, 0.1) is 13.8 Å². The molecule has 7 heteroatoms. The fraction of sp³-hybridized carbons (Fsp3) is 0.391. The van der Waals surface area contributed by atoms with E-state index in [1.807, 2.05) is 30.3 Å². The lowest BCUT2D eigenvalue weighted by molar-refractivity contribution is -0.123. The summed E-state index contributed by atoms with van der Waals surface area (Å²) in [5.41, 5.74) is 3.67. The van der Waals surface area contributed by atoms with Crippen LogP contribution in [-0.4, -0.2) is 61.7 Å². The Balaban J connectivity index is 1.19. The van der Waals surface area contributed by atoms with E-state index in [9.17, 15) is 4.79 Å². The molecule has 2 aromatic carbocycles. The predicted octanol–water partition coefficient (Wildman–Crippen LogP) is 3.23. The summed E-state index contributed by atoms with van der Waals surface area (Å²) in [5, 5.41) is 4.06. The number of fused-ring (bicyclic) bond motifs is 1. The largest absolute Gasteiger partial charge is 0.484 e. The molecule has 1 aliphatic rings. The maximum atomic E-state index is 12.0. The predicted molar refractivity (Wildman–Crippen MR) is 123 cm³/mol. The van der Waals surface area contributed by atoms with Gasteiger partial charge < -0.3 is 15.0 Å². The summed E-state index contributed by atoms with van der Waals surface area (Å²) < 4.78 is 6.77. The third kappa shape index (κ3) is 5.09. The number of aromatic nitrogens is 1. The maximum absolute atomic E-state index is 12.0. The lowest BCUT2D eigenvalue weighted by Crippen LogP contribution is -2.48. The molecule has 0 saturated carbocycles. The number of nitrogens with zero attached hydrogens (tertiary/aromatic N) is 3. The molecule has 0 atom stereocenters. The molecule has 2 heterocycles. The van der Waals surface area contributed by atoms with Gasteiger partial charge in [-0.15, -0.1) is 0 Å². The van der Waals surface area contributed by atoms with E-state index in [0.717, 1.165) is 43.4 Å². The number of hydrogen-bond donors (Lipinski definition) is 1. The normalized spacial score (nSPS) is 14.8. The first-order valence-corrected chi connectivity index (χ1v) is 11.2. The molecule has 0 unspecified atom stereocenters. The third-order valence-electron chi connectivity index (χ3n) is 5.31. The van der Waals surface area contributed by atoms with Gasteiger partial charge in [-0.05, 0) is 43.2 Å². The molecule has 6 nitrogen and oxygen atoms in total. The summed E-state index contributed by atoms with van der Waals surface area (Å²) in [6, 6.07) is 13.8. The Morgan fingerprint density at radius 2 is 1.90 bits per heavy atom. The number of rotatable bonds is 7. The summed E-state index contributed by atoms with van der Waals surface area (Å²) in [7, 11) is 0. The van der Waals surface area contributed by atoms with E-state index in [-0.39, 0.29) is 12.5 Å². The number of carbonyl (C=O) groups excluding carboxylic acids is 1. The molecule has 1 N–H and O–H groups in total. The molecule has 30 heavy (non-hydrogen) atoms. The summed E-state index contributed by atoms with van der Waals surface area (Å²) in [4.78, 5) is 21.6. The maximum Gasteiger partial charge on any atom is 0.257 e. The number of aryl methyl sites for hydroxylation is 2. The molecule has 4 rings (SSSR count). The first-order chi connectivity index (χ1) is 14.6. The van der Waals surface area contributed by atoms with Crippen molar-refractivity contribution >= 4 is 32.6 Å². The zero-order valence-electron chi connectivity index (χ0n) is 17.6. The molecule has 3 aromatic rings. The average Bonchev–Trinajstić information content (AvgIpc) is 3.18. The molecule has 0 bridgehead atoms. The highest BCUT2D eigenvalue weighted by Crippen LogP contribution is 2.32. The number of hydrogen-bond acceptors (Lipinski definition) is 6. The average molecular weight is 425 g/mol. The molecule has 0 radical (unpaired) electrons. The molecule has 1 saturated heterocycles. The highest BCUT2D eigenvalue weighted by Gasteiger charge is 2.20. The van der Waals surface area contributed by atoms with E-state index in [2.05, 4.69) is 41.1 Å². The molecular formula is C23H28N4O2S. The number of thiazole rings is 1. The Morgan fingerprint density at radius 3 is 2.67 bits per heavy atom. The molecule has 1 fully saturated rings. The third-order valence-corrected chi connectivity index (χ3v) is 6.58. The lowest BCUT2D eigenvalue weighted by atomic mass is 10.1. The number of ether oxygens (including phenoxy) is 1. The molecule has 0 aliphatic carbocycles. The van der Waals surface area contributed by atoms with Crippen molar-refractivity contribution in [2.24, 2.45) is 0 Å². The second-order valence-electron chi connectivity index (χ2n) is 7.71. The van der Waals surface area contributed by atoms with Crippen molar-refractivity contribution in [1.29, 1.82) is 0 Å². The van der Waals surface area contributed by atoms with Crippen LogP contribution in [0.5, 0.6) is 5.75 Å². The number of amides is 1. The Labute approximate surface area is 181 Å². The molecule has 1 aromatic heterocycles. The Morgan fingerprint density at radius 1 is 1.13 bits per heavy atom. The Hall–Kier alpha value is -2.64. The Kier molecular flexibility index (Phi) is 6.50. The van der Waals surface area contributed by atoms with E-state index in [4.69, 9.17) is 9.72 Å². The van der Waals surface area contributed by atoms with E-state index in [1.165, 1.54) is 15.8 Å². The van der Waals surface area contributed by atoms with Gasteiger partial charge in [0.2, 0.25) is 0 Å². The standard InChI is InChI=1S/C23H28N4O2S/c1-17-14-18(2)22-20(15-17)25-23(30-22)27-12-10-26(11-13-27)9-8-24-21(28)16-29-19-6-4-3-5-7-19/h3-7,14-15H,8-13,16H2,1-2H3,(H,24,28). The monoisotopic (exact) mass is 424 g/mol. The first-order valence-electron chi connectivity index (χ1n) is 10.4. The topological polar surface area (TPSA) is 57.7 Å². The number of anilines is 1. The minimum absolute atomic E-state index is 0.0499. The van der Waals surface area contributed by atoms with Gasteiger partial charge in [-0.25, -0.2) is 4.98 Å². The SMILES string of the molecule is Cc1cc(C)c2sc(N3CCN(CCNC(=O)COc4ccccc4)CC3)nc2c1. The van der Waals surface area contributed by atoms with Gasteiger partial charge in [-0.3, -0.25) is 9.69 Å². The number of nitrogens with one attached hydrogen (secondary N) is 1. The van der Waals surface area contributed by atoms with Crippen LogP contribution in [0.1, 0.15) is 11.1 Å². The number of carbonyl (C=O) groups is 1. The summed E-state index contributed by atoms with van der Waals surface area (Å²) >= 11 is 1.79. The quantitative estimate of drug-likeness (QED) is 0.631. The molecule has 0 spiro atoms. The zero-order valence-corrected chi connectivity index (χ0v) is 18.4. The fourth-order valence-electron chi connectivity index (χ4n) is 3.73. The van der Waals surface area contributed by atoms with Crippen LogP contribution in [0.3, 0.4) is 0 Å². The van der Waals surface area contributed by atoms with Crippen molar-refractivity contribution in [3.8, 4) is 5.75 Å². The Bertz CT molecular complexity index is 997. The number of benzene rings is 2. The zero-order chi connectivity index (χ0) is 20.9. The highest BCUT2D eigenvalue weighted by molar-refractivity contribution is 7.22. The van der Waals surface area contributed by atoms with Gasteiger partial charge in [0.05, 0.1) is 10.2 Å². The van der Waals surface area contributed by atoms with Crippen molar-refractivity contribution in [3.05, 3.63) is 53.6 Å². The fourth-order valence-corrected chi connectivity index (χ4v) is 4.80. The van der Waals surface area contributed by atoms with Crippen LogP contribution in [0.4, 0.5) is 5.13 Å². The van der Waals surface area contributed by atoms with Crippen molar-refractivity contribution in [1.82, 2.24) is 15.2 Å². The van der Waals surface area contributed by atoms with Crippen LogP contribution in [-0.2, 0) is 4.79 Å². The molecule has 158 valence electrons. The van der Waals surface area contributed by atoms with Crippen molar-refractivity contribution in [2.75, 3.05) is 50.8 Å². The van der Waals surface area contributed by atoms with E-state index >= 15 is 0 Å². The van der Waals surface area contributed by atoms with Crippen molar-refractivity contribution in [3.63, 3.8) is 0 Å². The van der Waals surface area contributed by atoms with Gasteiger partial charge in [0, 0.05) is 39.3 Å². The minimum atomic E-state index is -0.0855. The van der Waals surface area contributed by atoms with Crippen molar-refractivity contribution in [2.45, 2.75) is 13.8 Å².